The predicted molar refractivity (Wildman–Crippen MR) is 76.6 cm³/mol. The molecule has 1 aliphatic carbocycles. The molecule has 2 nitrogen and oxygen atoms in total. The number of benzene rings is 1. The van der Waals surface area contributed by atoms with E-state index in [-0.39, 0.29) is 10.8 Å². The standard InChI is InChI=1S/C14H15Cl2FN2/c1-8-4-9(5-8)19-13-7-11(17)10(16)6-12(13)18-14(19)2-3-15/h6-9H,2-5H2,1H3. The Bertz CT molecular complexity index is 617. The van der Waals surface area contributed by atoms with Crippen LogP contribution in [-0.2, 0) is 6.42 Å². The first-order valence-corrected chi connectivity index (χ1v) is 7.43. The van der Waals surface area contributed by atoms with Gasteiger partial charge in [0.05, 0.1) is 16.1 Å². The number of halogens is 3. The number of hydrogen-bond donors (Lipinski definition) is 0. The molecule has 0 bridgehead atoms. The maximum atomic E-state index is 13.7. The lowest BCUT2D eigenvalue weighted by Gasteiger charge is -2.35. The second-order valence-corrected chi connectivity index (χ2v) is 6.11. The molecule has 0 aliphatic heterocycles. The van der Waals surface area contributed by atoms with E-state index in [1.165, 1.54) is 6.07 Å². The molecule has 102 valence electrons. The summed E-state index contributed by atoms with van der Waals surface area (Å²) in [6.07, 6.45) is 2.93. The van der Waals surface area contributed by atoms with Crippen LogP contribution >= 0.6 is 23.2 Å². The van der Waals surface area contributed by atoms with Crippen molar-refractivity contribution in [3.05, 3.63) is 28.8 Å². The molecule has 3 rings (SSSR count). The number of aryl methyl sites for hydroxylation is 1. The van der Waals surface area contributed by atoms with E-state index < -0.39 is 0 Å². The normalized spacial score (nSPS) is 22.7. The molecule has 0 amide bonds. The van der Waals surface area contributed by atoms with Crippen molar-refractivity contribution in [3.8, 4) is 0 Å². The molecule has 1 heterocycles. The molecule has 0 atom stereocenters. The van der Waals surface area contributed by atoms with Crippen molar-refractivity contribution in [3.63, 3.8) is 0 Å². The van der Waals surface area contributed by atoms with E-state index in [0.29, 0.717) is 18.3 Å². The van der Waals surface area contributed by atoms with Gasteiger partial charge >= 0.3 is 0 Å². The average molecular weight is 301 g/mol. The second-order valence-electron chi connectivity index (χ2n) is 5.32. The largest absolute Gasteiger partial charge is 0.325 e. The van der Waals surface area contributed by atoms with Gasteiger partial charge in [0.25, 0.3) is 0 Å². The van der Waals surface area contributed by atoms with E-state index in [4.69, 9.17) is 23.2 Å². The Labute approximate surface area is 121 Å². The first kappa shape index (κ1) is 13.2. The van der Waals surface area contributed by atoms with Crippen molar-refractivity contribution < 1.29 is 4.39 Å². The van der Waals surface area contributed by atoms with Gasteiger partial charge in [0.2, 0.25) is 0 Å². The highest BCUT2D eigenvalue weighted by Crippen LogP contribution is 2.40. The smallest absolute Gasteiger partial charge is 0.144 e. The molecular formula is C14H15Cl2FN2. The Balaban J connectivity index is 2.14. The van der Waals surface area contributed by atoms with E-state index in [2.05, 4.69) is 16.5 Å². The first-order chi connectivity index (χ1) is 9.10. The molecule has 1 aromatic heterocycles. The van der Waals surface area contributed by atoms with E-state index in [9.17, 15) is 4.39 Å². The molecule has 0 saturated heterocycles. The van der Waals surface area contributed by atoms with E-state index >= 15 is 0 Å². The lowest BCUT2D eigenvalue weighted by Crippen LogP contribution is -2.26. The number of hydrogen-bond acceptors (Lipinski definition) is 1. The molecule has 1 saturated carbocycles. The fraction of sp³-hybridized carbons (Fsp3) is 0.500. The molecule has 0 radical (unpaired) electrons. The molecule has 1 fully saturated rings. The van der Waals surface area contributed by atoms with Gasteiger partial charge in [0, 0.05) is 24.4 Å². The minimum Gasteiger partial charge on any atom is -0.325 e. The summed E-state index contributed by atoms with van der Waals surface area (Å²) in [6, 6.07) is 3.51. The predicted octanol–water partition coefficient (Wildman–Crippen LogP) is 4.58. The fourth-order valence-electron chi connectivity index (χ4n) is 2.88. The summed E-state index contributed by atoms with van der Waals surface area (Å²) in [5.74, 6) is 1.79. The van der Waals surface area contributed by atoms with Gasteiger partial charge in [-0.25, -0.2) is 9.37 Å². The van der Waals surface area contributed by atoms with Crippen molar-refractivity contribution in [1.29, 1.82) is 0 Å². The van der Waals surface area contributed by atoms with Crippen LogP contribution in [0.25, 0.3) is 11.0 Å². The minimum absolute atomic E-state index is 0.122. The zero-order valence-corrected chi connectivity index (χ0v) is 12.2. The lowest BCUT2D eigenvalue weighted by atomic mass is 9.81. The van der Waals surface area contributed by atoms with Crippen LogP contribution in [0.3, 0.4) is 0 Å². The van der Waals surface area contributed by atoms with E-state index in [1.54, 1.807) is 6.07 Å². The van der Waals surface area contributed by atoms with Gasteiger partial charge in [-0.05, 0) is 24.8 Å². The number of fused-ring (bicyclic) bond motifs is 1. The highest BCUT2D eigenvalue weighted by atomic mass is 35.5. The molecule has 1 aromatic carbocycles. The lowest BCUT2D eigenvalue weighted by molar-refractivity contribution is 0.217. The highest BCUT2D eigenvalue weighted by molar-refractivity contribution is 6.31. The summed E-state index contributed by atoms with van der Waals surface area (Å²) in [5, 5.41) is 0.122. The van der Waals surface area contributed by atoms with E-state index in [1.807, 2.05) is 0 Å². The average Bonchev–Trinajstić information content (AvgIpc) is 2.64. The number of rotatable bonds is 3. The van der Waals surface area contributed by atoms with Crippen LogP contribution in [0.5, 0.6) is 0 Å². The van der Waals surface area contributed by atoms with Crippen molar-refractivity contribution in [2.45, 2.75) is 32.2 Å². The van der Waals surface area contributed by atoms with Crippen LogP contribution in [0.1, 0.15) is 31.6 Å². The van der Waals surface area contributed by atoms with Crippen LogP contribution < -0.4 is 0 Å². The minimum atomic E-state index is -0.389. The summed E-state index contributed by atoms with van der Waals surface area (Å²) in [6.45, 7) is 2.23. The van der Waals surface area contributed by atoms with Crippen molar-refractivity contribution >= 4 is 34.2 Å². The van der Waals surface area contributed by atoms with Gasteiger partial charge < -0.3 is 4.57 Å². The molecule has 1 aliphatic rings. The summed E-state index contributed by atoms with van der Waals surface area (Å²) in [4.78, 5) is 4.56. The fourth-order valence-corrected chi connectivity index (χ4v) is 3.21. The monoisotopic (exact) mass is 300 g/mol. The summed E-state index contributed by atoms with van der Waals surface area (Å²) >= 11 is 11.7. The van der Waals surface area contributed by atoms with Gasteiger partial charge in [-0.15, -0.1) is 11.6 Å². The number of alkyl halides is 1. The van der Waals surface area contributed by atoms with Crippen molar-refractivity contribution in [2.24, 2.45) is 5.92 Å². The molecule has 0 unspecified atom stereocenters. The van der Waals surface area contributed by atoms with Gasteiger partial charge in [-0.1, -0.05) is 18.5 Å². The Morgan fingerprint density at radius 2 is 2.16 bits per heavy atom. The molecule has 2 aromatic rings. The molecule has 0 spiro atoms. The molecular weight excluding hydrogens is 286 g/mol. The molecule has 19 heavy (non-hydrogen) atoms. The van der Waals surface area contributed by atoms with Crippen LogP contribution in [0, 0.1) is 11.7 Å². The Kier molecular flexibility index (Phi) is 3.44. The first-order valence-electron chi connectivity index (χ1n) is 6.52. The maximum Gasteiger partial charge on any atom is 0.144 e. The van der Waals surface area contributed by atoms with Crippen LogP contribution in [-0.4, -0.2) is 15.4 Å². The zero-order chi connectivity index (χ0) is 13.6. The van der Waals surface area contributed by atoms with Crippen LogP contribution in [0.2, 0.25) is 5.02 Å². The number of aromatic nitrogens is 2. The SMILES string of the molecule is CC1CC(n2c(CCCl)nc3cc(Cl)c(F)cc32)C1. The maximum absolute atomic E-state index is 13.7. The third-order valence-electron chi connectivity index (χ3n) is 3.84. The van der Waals surface area contributed by atoms with Gasteiger partial charge in [-0.2, -0.15) is 0 Å². The quantitative estimate of drug-likeness (QED) is 0.759. The second kappa shape index (κ2) is 4.95. The van der Waals surface area contributed by atoms with Gasteiger partial charge in [-0.3, -0.25) is 0 Å². The summed E-state index contributed by atoms with van der Waals surface area (Å²) in [7, 11) is 0. The van der Waals surface area contributed by atoms with E-state index in [0.717, 1.165) is 35.6 Å². The topological polar surface area (TPSA) is 17.8 Å². The third-order valence-corrected chi connectivity index (χ3v) is 4.32. The Morgan fingerprint density at radius 1 is 1.42 bits per heavy atom. The zero-order valence-electron chi connectivity index (χ0n) is 10.7. The van der Waals surface area contributed by atoms with Crippen molar-refractivity contribution in [2.75, 3.05) is 5.88 Å². The molecule has 0 N–H and O–H groups in total. The Hall–Kier alpha value is -0.800. The number of imidazole rings is 1. The van der Waals surface area contributed by atoms with Crippen molar-refractivity contribution in [1.82, 2.24) is 9.55 Å². The Morgan fingerprint density at radius 3 is 2.79 bits per heavy atom. The third kappa shape index (κ3) is 2.23. The summed E-state index contributed by atoms with van der Waals surface area (Å²) < 4.78 is 15.8. The summed E-state index contributed by atoms with van der Waals surface area (Å²) in [5.41, 5.74) is 1.59. The molecule has 5 heteroatoms. The number of nitrogens with zero attached hydrogens (tertiary/aromatic N) is 2. The van der Waals surface area contributed by atoms with Gasteiger partial charge in [0.1, 0.15) is 11.6 Å². The van der Waals surface area contributed by atoms with Crippen LogP contribution in [0.4, 0.5) is 4.39 Å². The highest BCUT2D eigenvalue weighted by Gasteiger charge is 2.30. The van der Waals surface area contributed by atoms with Crippen LogP contribution in [0.15, 0.2) is 12.1 Å². The van der Waals surface area contributed by atoms with Gasteiger partial charge in [0.15, 0.2) is 0 Å².